The van der Waals surface area contributed by atoms with E-state index in [4.69, 9.17) is 9.15 Å². The molecule has 0 spiro atoms. The standard InChI is InChI=1S/C28H21N3O6S/c1-3-36-28(33)25-22(18-10-8-17(2)9-11-18)16-38-27(25)30-26(32)19(15-29)14-20-12-13-24(37-20)21-6-4-5-7-23(21)31(34)35/h4-14,16H,3H2,1-2H3,(H,30,32)/b19-14+. The number of rotatable bonds is 8. The summed E-state index contributed by atoms with van der Waals surface area (Å²) in [5.41, 5.74) is 2.49. The van der Waals surface area contributed by atoms with Crippen LogP contribution in [0, 0.1) is 28.4 Å². The lowest BCUT2D eigenvalue weighted by Gasteiger charge is -2.09. The van der Waals surface area contributed by atoms with Crippen LogP contribution in [0.4, 0.5) is 10.7 Å². The van der Waals surface area contributed by atoms with Gasteiger partial charge in [0.15, 0.2) is 0 Å². The van der Waals surface area contributed by atoms with Crippen LogP contribution in [0.3, 0.4) is 0 Å². The van der Waals surface area contributed by atoms with Crippen molar-refractivity contribution in [1.29, 1.82) is 5.26 Å². The van der Waals surface area contributed by atoms with Gasteiger partial charge in [0.05, 0.1) is 17.1 Å². The summed E-state index contributed by atoms with van der Waals surface area (Å²) in [6, 6.07) is 18.5. The molecule has 4 rings (SSSR count). The molecule has 0 bridgehead atoms. The Kier molecular flexibility index (Phi) is 7.80. The van der Waals surface area contributed by atoms with E-state index in [1.165, 1.54) is 24.3 Å². The van der Waals surface area contributed by atoms with Crippen molar-refractivity contribution < 1.29 is 23.7 Å². The lowest BCUT2D eigenvalue weighted by molar-refractivity contribution is -0.384. The van der Waals surface area contributed by atoms with Gasteiger partial charge in [0.25, 0.3) is 11.6 Å². The third-order valence-corrected chi connectivity index (χ3v) is 6.40. The molecule has 0 unspecified atom stereocenters. The Balaban J connectivity index is 1.63. The first-order valence-corrected chi connectivity index (χ1v) is 12.3. The van der Waals surface area contributed by atoms with Gasteiger partial charge in [-0.3, -0.25) is 14.9 Å². The number of aryl methyl sites for hydroxylation is 1. The average molecular weight is 528 g/mol. The Morgan fingerprint density at radius 1 is 1.13 bits per heavy atom. The maximum Gasteiger partial charge on any atom is 0.341 e. The number of hydrogen-bond donors (Lipinski definition) is 1. The number of nitrogens with zero attached hydrogens (tertiary/aromatic N) is 2. The SMILES string of the molecule is CCOC(=O)c1c(-c2ccc(C)cc2)csc1NC(=O)/C(C#N)=C/c1ccc(-c2ccccc2[N+](=O)[O-])o1. The molecule has 0 aliphatic rings. The summed E-state index contributed by atoms with van der Waals surface area (Å²) in [4.78, 5) is 36.6. The highest BCUT2D eigenvalue weighted by Gasteiger charge is 2.24. The van der Waals surface area contributed by atoms with Gasteiger partial charge in [0.1, 0.15) is 33.7 Å². The largest absolute Gasteiger partial charge is 0.462 e. The van der Waals surface area contributed by atoms with Crippen molar-refractivity contribution >= 4 is 40.0 Å². The first-order chi connectivity index (χ1) is 18.3. The Hall–Kier alpha value is -5.01. The molecule has 0 radical (unpaired) electrons. The lowest BCUT2D eigenvalue weighted by Crippen LogP contribution is -2.16. The Morgan fingerprint density at radius 2 is 1.87 bits per heavy atom. The van der Waals surface area contributed by atoms with Gasteiger partial charge in [-0.15, -0.1) is 11.3 Å². The number of carbonyl (C=O) groups is 2. The zero-order chi connectivity index (χ0) is 27.2. The summed E-state index contributed by atoms with van der Waals surface area (Å²) in [5.74, 6) is -0.977. The van der Waals surface area contributed by atoms with Crippen LogP contribution in [-0.2, 0) is 9.53 Å². The van der Waals surface area contributed by atoms with Gasteiger partial charge >= 0.3 is 5.97 Å². The number of nitro groups is 1. The zero-order valence-electron chi connectivity index (χ0n) is 20.4. The number of amides is 1. The van der Waals surface area contributed by atoms with E-state index in [9.17, 15) is 25.0 Å². The summed E-state index contributed by atoms with van der Waals surface area (Å²) in [5, 5.41) is 25.6. The molecule has 1 N–H and O–H groups in total. The Labute approximate surface area is 221 Å². The van der Waals surface area contributed by atoms with E-state index >= 15 is 0 Å². The third-order valence-electron chi connectivity index (χ3n) is 5.50. The number of ether oxygens (including phenoxy) is 1. The molecule has 0 saturated heterocycles. The number of esters is 1. The molecule has 9 nitrogen and oxygen atoms in total. The second-order valence-corrected chi connectivity index (χ2v) is 8.92. The van der Waals surface area contributed by atoms with Gasteiger partial charge in [-0.05, 0) is 37.6 Å². The first kappa shape index (κ1) is 26.1. The molecule has 0 aliphatic heterocycles. The molecule has 10 heteroatoms. The molecule has 0 aliphatic carbocycles. The van der Waals surface area contributed by atoms with E-state index in [0.717, 1.165) is 22.5 Å². The van der Waals surface area contributed by atoms with Crippen molar-refractivity contribution in [2.45, 2.75) is 13.8 Å². The molecule has 1 amide bonds. The van der Waals surface area contributed by atoms with Crippen LogP contribution in [0.25, 0.3) is 28.5 Å². The van der Waals surface area contributed by atoms with Crippen LogP contribution in [0.2, 0.25) is 0 Å². The lowest BCUT2D eigenvalue weighted by atomic mass is 10.0. The molecule has 190 valence electrons. The predicted molar refractivity (Wildman–Crippen MR) is 143 cm³/mol. The number of hydrogen-bond acceptors (Lipinski definition) is 8. The summed E-state index contributed by atoms with van der Waals surface area (Å²) >= 11 is 1.14. The second-order valence-electron chi connectivity index (χ2n) is 8.04. The topological polar surface area (TPSA) is 135 Å². The summed E-state index contributed by atoms with van der Waals surface area (Å²) in [7, 11) is 0. The van der Waals surface area contributed by atoms with Crippen molar-refractivity contribution in [3.05, 3.63) is 98.6 Å². The minimum Gasteiger partial charge on any atom is -0.462 e. The Bertz CT molecular complexity index is 1590. The van der Waals surface area contributed by atoms with E-state index in [-0.39, 0.29) is 45.5 Å². The van der Waals surface area contributed by atoms with Crippen molar-refractivity contribution in [2.75, 3.05) is 11.9 Å². The van der Waals surface area contributed by atoms with Crippen molar-refractivity contribution in [3.8, 4) is 28.5 Å². The number of nitrogens with one attached hydrogen (secondary N) is 1. The highest BCUT2D eigenvalue weighted by atomic mass is 32.1. The average Bonchev–Trinajstić information content (AvgIpc) is 3.55. The number of furan rings is 1. The van der Waals surface area contributed by atoms with E-state index in [1.807, 2.05) is 37.3 Å². The number of nitriles is 1. The highest BCUT2D eigenvalue weighted by molar-refractivity contribution is 7.15. The normalized spacial score (nSPS) is 11.0. The number of carbonyl (C=O) groups excluding carboxylic acids is 2. The van der Waals surface area contributed by atoms with Gasteiger partial charge in [-0.2, -0.15) is 5.26 Å². The number of para-hydroxylation sites is 1. The molecule has 0 atom stereocenters. The molecule has 2 aromatic carbocycles. The van der Waals surface area contributed by atoms with Crippen molar-refractivity contribution in [3.63, 3.8) is 0 Å². The van der Waals surface area contributed by atoms with Gasteiger partial charge in [-0.25, -0.2) is 4.79 Å². The fourth-order valence-corrected chi connectivity index (χ4v) is 4.63. The third kappa shape index (κ3) is 5.53. The highest BCUT2D eigenvalue weighted by Crippen LogP contribution is 2.37. The number of thiophene rings is 1. The van der Waals surface area contributed by atoms with E-state index in [1.54, 1.807) is 30.5 Å². The van der Waals surface area contributed by atoms with Crippen LogP contribution in [0.5, 0.6) is 0 Å². The van der Waals surface area contributed by atoms with Crippen LogP contribution in [-0.4, -0.2) is 23.4 Å². The van der Waals surface area contributed by atoms with Gasteiger partial charge in [-0.1, -0.05) is 42.0 Å². The van der Waals surface area contributed by atoms with Gasteiger partial charge in [0.2, 0.25) is 0 Å². The number of benzene rings is 2. The zero-order valence-corrected chi connectivity index (χ0v) is 21.2. The van der Waals surface area contributed by atoms with E-state index in [2.05, 4.69) is 5.32 Å². The smallest absolute Gasteiger partial charge is 0.341 e. The summed E-state index contributed by atoms with van der Waals surface area (Å²) in [6.07, 6.45) is 1.23. The van der Waals surface area contributed by atoms with Gasteiger partial charge in [0, 0.05) is 23.1 Å². The van der Waals surface area contributed by atoms with Crippen LogP contribution < -0.4 is 5.32 Å². The molecular weight excluding hydrogens is 506 g/mol. The van der Waals surface area contributed by atoms with Crippen LogP contribution in [0.1, 0.15) is 28.6 Å². The fraction of sp³-hybridized carbons (Fsp3) is 0.107. The monoisotopic (exact) mass is 527 g/mol. The summed E-state index contributed by atoms with van der Waals surface area (Å²) < 4.78 is 10.9. The fourth-order valence-electron chi connectivity index (χ4n) is 3.68. The molecule has 2 aromatic heterocycles. The Morgan fingerprint density at radius 3 is 2.55 bits per heavy atom. The maximum absolute atomic E-state index is 13.0. The van der Waals surface area contributed by atoms with Gasteiger partial charge < -0.3 is 14.5 Å². The quantitative estimate of drug-likeness (QED) is 0.0894. The van der Waals surface area contributed by atoms with Crippen molar-refractivity contribution in [2.24, 2.45) is 0 Å². The second kappa shape index (κ2) is 11.4. The number of anilines is 1. The maximum atomic E-state index is 13.0. The van der Waals surface area contributed by atoms with Crippen LogP contribution in [0.15, 0.2) is 76.0 Å². The predicted octanol–water partition coefficient (Wildman–Crippen LogP) is 6.61. The van der Waals surface area contributed by atoms with E-state index < -0.39 is 16.8 Å². The molecule has 2 heterocycles. The van der Waals surface area contributed by atoms with Crippen molar-refractivity contribution in [1.82, 2.24) is 0 Å². The number of nitro benzene ring substituents is 1. The molecule has 0 fully saturated rings. The minimum atomic E-state index is -0.751. The van der Waals surface area contributed by atoms with Crippen LogP contribution >= 0.6 is 11.3 Å². The van der Waals surface area contributed by atoms with E-state index in [0.29, 0.717) is 5.56 Å². The molecule has 38 heavy (non-hydrogen) atoms. The first-order valence-electron chi connectivity index (χ1n) is 11.4. The molecule has 0 saturated carbocycles. The molecular formula is C28H21N3O6S. The summed E-state index contributed by atoms with van der Waals surface area (Å²) in [6.45, 7) is 3.79. The molecule has 4 aromatic rings. The minimum absolute atomic E-state index is 0.135.